The van der Waals surface area contributed by atoms with Crippen LogP contribution in [0.1, 0.15) is 33.1 Å². The van der Waals surface area contributed by atoms with Crippen LogP contribution in [-0.4, -0.2) is 22.7 Å². The Morgan fingerprint density at radius 3 is 2.69 bits per heavy atom. The first-order valence-electron chi connectivity index (χ1n) is 4.83. The highest BCUT2D eigenvalue weighted by Gasteiger charge is 2.07. The molecule has 0 unspecified atom stereocenters. The summed E-state index contributed by atoms with van der Waals surface area (Å²) in [4.78, 5) is 2.31. The van der Waals surface area contributed by atoms with Crippen molar-refractivity contribution in [1.82, 2.24) is 9.59 Å². The van der Waals surface area contributed by atoms with Gasteiger partial charge in [0, 0.05) is 24.6 Å². The summed E-state index contributed by atoms with van der Waals surface area (Å²) in [7, 11) is 0. The Labute approximate surface area is 83.9 Å². The van der Waals surface area contributed by atoms with Crippen molar-refractivity contribution in [3.8, 4) is 0 Å². The van der Waals surface area contributed by atoms with Gasteiger partial charge in [-0.3, -0.25) is 0 Å². The van der Waals surface area contributed by atoms with Gasteiger partial charge < -0.3 is 4.90 Å². The van der Waals surface area contributed by atoms with Gasteiger partial charge in [0.25, 0.3) is 0 Å². The lowest BCUT2D eigenvalue weighted by Gasteiger charge is -2.20. The molecule has 13 heavy (non-hydrogen) atoms. The van der Waals surface area contributed by atoms with Crippen LogP contribution in [0.25, 0.3) is 0 Å². The molecule has 0 aromatic carbocycles. The Hall–Kier alpha value is -0.640. The number of anilines is 1. The standard InChI is InChI=1S/C9H16N3S/c1-3-5-7-12(6-4-2)9-8-10-11-13-9/h3-7H2,1-2H3. The van der Waals surface area contributed by atoms with E-state index in [0.29, 0.717) is 0 Å². The Balaban J connectivity index is 2.47. The van der Waals surface area contributed by atoms with Gasteiger partial charge >= 0.3 is 0 Å². The van der Waals surface area contributed by atoms with Gasteiger partial charge in [-0.1, -0.05) is 24.8 Å². The van der Waals surface area contributed by atoms with E-state index in [9.17, 15) is 0 Å². The van der Waals surface area contributed by atoms with E-state index >= 15 is 0 Å². The third-order valence-corrected chi connectivity index (χ3v) is 2.56. The van der Waals surface area contributed by atoms with E-state index in [1.165, 1.54) is 24.4 Å². The van der Waals surface area contributed by atoms with Gasteiger partial charge in [-0.25, -0.2) is 0 Å². The van der Waals surface area contributed by atoms with Gasteiger partial charge in [0.1, 0.15) is 5.00 Å². The van der Waals surface area contributed by atoms with Crippen LogP contribution < -0.4 is 4.90 Å². The van der Waals surface area contributed by atoms with Crippen LogP contribution in [0, 0.1) is 6.20 Å². The van der Waals surface area contributed by atoms with Gasteiger partial charge in [-0.2, -0.15) is 0 Å². The molecule has 0 aliphatic heterocycles. The molecule has 0 N–H and O–H groups in total. The SMILES string of the molecule is CCCCN(CCC)c1[c]nns1. The first kappa shape index (κ1) is 10.4. The van der Waals surface area contributed by atoms with Crippen LogP contribution in [-0.2, 0) is 0 Å². The lowest BCUT2D eigenvalue weighted by Crippen LogP contribution is -2.24. The Kier molecular flexibility index (Phi) is 4.75. The van der Waals surface area contributed by atoms with Crippen LogP contribution in [0.15, 0.2) is 0 Å². The van der Waals surface area contributed by atoms with Crippen LogP contribution in [0.5, 0.6) is 0 Å². The van der Waals surface area contributed by atoms with Crippen molar-refractivity contribution in [2.45, 2.75) is 33.1 Å². The zero-order valence-electron chi connectivity index (χ0n) is 8.29. The summed E-state index contributed by atoms with van der Waals surface area (Å²) in [6.45, 7) is 6.58. The average molecular weight is 198 g/mol. The maximum absolute atomic E-state index is 3.83. The second kappa shape index (κ2) is 5.91. The third kappa shape index (κ3) is 3.30. The van der Waals surface area contributed by atoms with Crippen molar-refractivity contribution in [3.63, 3.8) is 0 Å². The number of aromatic nitrogens is 2. The van der Waals surface area contributed by atoms with Gasteiger partial charge in [-0.15, -0.1) is 5.10 Å². The maximum atomic E-state index is 3.83. The lowest BCUT2D eigenvalue weighted by molar-refractivity contribution is 0.707. The predicted molar refractivity (Wildman–Crippen MR) is 56.2 cm³/mol. The molecule has 0 fully saturated rings. The molecule has 4 heteroatoms. The molecule has 0 atom stereocenters. The summed E-state index contributed by atoms with van der Waals surface area (Å²) in [6, 6.07) is 0. The average Bonchev–Trinajstić information content (AvgIpc) is 2.65. The molecule has 0 bridgehead atoms. The van der Waals surface area contributed by atoms with E-state index in [1.807, 2.05) is 0 Å². The monoisotopic (exact) mass is 198 g/mol. The number of unbranched alkanes of at least 4 members (excludes halogenated alkanes) is 1. The summed E-state index contributed by atoms with van der Waals surface area (Å²) < 4.78 is 3.83. The van der Waals surface area contributed by atoms with E-state index in [1.54, 1.807) is 0 Å². The number of rotatable bonds is 6. The van der Waals surface area contributed by atoms with E-state index < -0.39 is 0 Å². The molecular formula is C9H16N3S. The molecule has 0 saturated heterocycles. The molecule has 73 valence electrons. The minimum Gasteiger partial charge on any atom is -0.360 e. The summed E-state index contributed by atoms with van der Waals surface area (Å²) in [5.74, 6) is 0. The molecule has 1 heterocycles. The normalized spacial score (nSPS) is 10.3. The highest BCUT2D eigenvalue weighted by Crippen LogP contribution is 2.16. The second-order valence-corrected chi connectivity index (χ2v) is 3.76. The third-order valence-electron chi connectivity index (χ3n) is 1.88. The Bertz CT molecular complexity index is 211. The molecule has 1 rings (SSSR count). The maximum Gasteiger partial charge on any atom is 0.153 e. The smallest absolute Gasteiger partial charge is 0.153 e. The summed E-state index contributed by atoms with van der Waals surface area (Å²) in [6.07, 6.45) is 6.53. The molecule has 0 amide bonds. The fourth-order valence-electron chi connectivity index (χ4n) is 1.20. The van der Waals surface area contributed by atoms with Crippen molar-refractivity contribution < 1.29 is 0 Å². The van der Waals surface area contributed by atoms with Crippen LogP contribution in [0.2, 0.25) is 0 Å². The fourth-order valence-corrected chi connectivity index (χ4v) is 1.74. The molecule has 1 aromatic heterocycles. The summed E-state index contributed by atoms with van der Waals surface area (Å²) >= 11 is 1.43. The molecule has 0 saturated carbocycles. The van der Waals surface area contributed by atoms with Crippen molar-refractivity contribution in [1.29, 1.82) is 0 Å². The Morgan fingerprint density at radius 2 is 2.15 bits per heavy atom. The zero-order chi connectivity index (χ0) is 9.52. The van der Waals surface area contributed by atoms with Crippen LogP contribution in [0.3, 0.4) is 0 Å². The zero-order valence-corrected chi connectivity index (χ0v) is 9.10. The molecule has 3 nitrogen and oxygen atoms in total. The van der Waals surface area contributed by atoms with Gasteiger partial charge in [0.15, 0.2) is 6.20 Å². The quantitative estimate of drug-likeness (QED) is 0.702. The van der Waals surface area contributed by atoms with Gasteiger partial charge in [0.2, 0.25) is 0 Å². The van der Waals surface area contributed by atoms with E-state index in [0.717, 1.165) is 24.5 Å². The minimum atomic E-state index is 1.08. The van der Waals surface area contributed by atoms with Crippen LogP contribution in [0.4, 0.5) is 5.00 Å². The van der Waals surface area contributed by atoms with E-state index in [4.69, 9.17) is 0 Å². The number of nitrogens with zero attached hydrogens (tertiary/aromatic N) is 3. The highest BCUT2D eigenvalue weighted by atomic mass is 32.1. The molecule has 0 aliphatic rings. The predicted octanol–water partition coefficient (Wildman–Crippen LogP) is 2.35. The van der Waals surface area contributed by atoms with Gasteiger partial charge in [-0.05, 0) is 12.8 Å². The second-order valence-electron chi connectivity index (χ2n) is 3.03. The molecule has 0 aliphatic carbocycles. The minimum absolute atomic E-state index is 1.08. The first-order chi connectivity index (χ1) is 6.38. The van der Waals surface area contributed by atoms with E-state index in [-0.39, 0.29) is 0 Å². The molecule has 1 aromatic rings. The van der Waals surface area contributed by atoms with Crippen molar-refractivity contribution in [2.75, 3.05) is 18.0 Å². The molecule has 1 radical (unpaired) electrons. The summed E-state index contributed by atoms with van der Waals surface area (Å²) in [5, 5.41) is 4.81. The van der Waals surface area contributed by atoms with Crippen LogP contribution >= 0.6 is 11.5 Å². The lowest BCUT2D eigenvalue weighted by atomic mass is 10.3. The topological polar surface area (TPSA) is 29.0 Å². The molecular weight excluding hydrogens is 182 g/mol. The molecule has 0 spiro atoms. The number of hydrogen-bond donors (Lipinski definition) is 0. The van der Waals surface area contributed by atoms with Crippen molar-refractivity contribution >= 4 is 16.5 Å². The summed E-state index contributed by atoms with van der Waals surface area (Å²) in [5.41, 5.74) is 0. The fraction of sp³-hybridized carbons (Fsp3) is 0.778. The highest BCUT2D eigenvalue weighted by molar-refractivity contribution is 7.09. The van der Waals surface area contributed by atoms with Crippen molar-refractivity contribution in [3.05, 3.63) is 6.20 Å². The van der Waals surface area contributed by atoms with E-state index in [2.05, 4.69) is 34.5 Å². The largest absolute Gasteiger partial charge is 0.360 e. The Morgan fingerprint density at radius 1 is 1.31 bits per heavy atom. The number of hydrogen-bond acceptors (Lipinski definition) is 4. The van der Waals surface area contributed by atoms with Crippen molar-refractivity contribution in [2.24, 2.45) is 0 Å². The first-order valence-corrected chi connectivity index (χ1v) is 5.60. The van der Waals surface area contributed by atoms with Gasteiger partial charge in [0.05, 0.1) is 0 Å².